The molecule has 2 aromatic rings. The number of ether oxygens (including phenoxy) is 1. The largest absolute Gasteiger partial charge is 0.421 e. The van der Waals surface area contributed by atoms with Crippen molar-refractivity contribution in [1.82, 2.24) is 19.2 Å². The second-order valence-corrected chi connectivity index (χ2v) is 6.73. The number of para-hydroxylation sites is 1. The maximum absolute atomic E-state index is 12.5. The molecule has 25 heavy (non-hydrogen) atoms. The summed E-state index contributed by atoms with van der Waals surface area (Å²) in [5, 5.41) is 2.11. The van der Waals surface area contributed by atoms with Gasteiger partial charge in [0.2, 0.25) is 12.1 Å². The predicted octanol–water partition coefficient (Wildman–Crippen LogP) is 0.612. The first-order valence-corrected chi connectivity index (χ1v) is 7.72. The van der Waals surface area contributed by atoms with Gasteiger partial charge in [0.15, 0.2) is 0 Å². The maximum Gasteiger partial charge on any atom is 0.415 e. The molecule has 0 saturated heterocycles. The molecule has 9 nitrogen and oxygen atoms in total. The molecule has 9 heteroatoms. The summed E-state index contributed by atoms with van der Waals surface area (Å²) in [4.78, 5) is 48.4. The molecule has 0 fully saturated rings. The summed E-state index contributed by atoms with van der Waals surface area (Å²) in [6.07, 6.45) is -1.89. The molecule has 0 aliphatic carbocycles. The van der Waals surface area contributed by atoms with Gasteiger partial charge < -0.3 is 4.74 Å². The first kappa shape index (κ1) is 16.7. The smallest absolute Gasteiger partial charge is 0.415 e. The molecule has 1 aliphatic heterocycles. The Morgan fingerprint density at radius 2 is 1.76 bits per heavy atom. The van der Waals surface area contributed by atoms with E-state index in [0.29, 0.717) is 5.69 Å². The van der Waals surface area contributed by atoms with Crippen LogP contribution in [0.1, 0.15) is 27.0 Å². The van der Waals surface area contributed by atoms with Crippen molar-refractivity contribution in [3.63, 3.8) is 0 Å². The zero-order valence-electron chi connectivity index (χ0n) is 14.1. The number of amides is 2. The molecule has 1 unspecified atom stereocenters. The topological polar surface area (TPSA) is 104 Å². The van der Waals surface area contributed by atoms with Crippen LogP contribution in [0.25, 0.3) is 5.69 Å². The summed E-state index contributed by atoms with van der Waals surface area (Å²) in [5.41, 5.74) is -1.45. The van der Waals surface area contributed by atoms with Gasteiger partial charge in [0.25, 0.3) is 0 Å². The van der Waals surface area contributed by atoms with Gasteiger partial charge in [-0.05, 0) is 12.1 Å². The molecule has 0 bridgehead atoms. The van der Waals surface area contributed by atoms with Crippen LogP contribution in [0.4, 0.5) is 4.79 Å². The van der Waals surface area contributed by atoms with Gasteiger partial charge in [-0.2, -0.15) is 4.68 Å². The van der Waals surface area contributed by atoms with E-state index in [-0.39, 0.29) is 6.54 Å². The minimum Gasteiger partial charge on any atom is -0.421 e. The lowest BCUT2D eigenvalue weighted by atomic mass is 9.96. The molecule has 2 heterocycles. The maximum atomic E-state index is 12.5. The third kappa shape index (κ3) is 2.88. The van der Waals surface area contributed by atoms with Gasteiger partial charge >= 0.3 is 17.5 Å². The number of benzene rings is 1. The highest BCUT2D eigenvalue weighted by Gasteiger charge is 2.36. The van der Waals surface area contributed by atoms with Crippen LogP contribution in [0.5, 0.6) is 0 Å². The summed E-state index contributed by atoms with van der Waals surface area (Å²) in [7, 11) is 0. The molecule has 0 spiro atoms. The van der Waals surface area contributed by atoms with E-state index < -0.39 is 35.0 Å². The molecule has 1 N–H and O–H groups in total. The van der Waals surface area contributed by atoms with Crippen LogP contribution in [0.2, 0.25) is 0 Å². The Kier molecular flexibility index (Phi) is 3.86. The minimum atomic E-state index is -0.956. The standard InChI is InChI=1S/C16H18N4O5/c1-16(2,3)12(21)17-13(22)25-11-9-18-14(23)19(15(24)20(11)18)10-7-5-4-6-8-10/h4-8,11H,9H2,1-3H3,(H,17,21,22). The number of imide groups is 1. The average Bonchev–Trinajstić information content (AvgIpc) is 2.70. The van der Waals surface area contributed by atoms with Crippen molar-refractivity contribution in [2.75, 3.05) is 0 Å². The molecule has 0 radical (unpaired) electrons. The summed E-state index contributed by atoms with van der Waals surface area (Å²) >= 11 is 0. The fourth-order valence-corrected chi connectivity index (χ4v) is 2.39. The molecule has 1 aliphatic rings. The van der Waals surface area contributed by atoms with Crippen LogP contribution in [0, 0.1) is 5.41 Å². The fourth-order valence-electron chi connectivity index (χ4n) is 2.39. The van der Waals surface area contributed by atoms with Crippen molar-refractivity contribution in [1.29, 1.82) is 0 Å². The quantitative estimate of drug-likeness (QED) is 0.858. The Morgan fingerprint density at radius 3 is 2.36 bits per heavy atom. The van der Waals surface area contributed by atoms with Gasteiger partial charge in [0, 0.05) is 5.41 Å². The summed E-state index contributed by atoms with van der Waals surface area (Å²) in [6.45, 7) is 5.01. The first-order chi connectivity index (χ1) is 11.7. The van der Waals surface area contributed by atoms with Gasteiger partial charge in [-0.3, -0.25) is 10.1 Å². The van der Waals surface area contributed by atoms with Crippen molar-refractivity contribution in [2.24, 2.45) is 5.41 Å². The second kappa shape index (κ2) is 5.76. The highest BCUT2D eigenvalue weighted by Crippen LogP contribution is 2.18. The molecule has 1 aromatic heterocycles. The van der Waals surface area contributed by atoms with Gasteiger partial charge in [-0.25, -0.2) is 23.6 Å². The normalized spacial score (nSPS) is 15.9. The Bertz CT molecular complexity index is 946. The SMILES string of the molecule is CC(C)(C)C(=O)NC(=O)OC1Cn2c(=O)n(-c3ccccc3)c(=O)n21. The molecular weight excluding hydrogens is 328 g/mol. The van der Waals surface area contributed by atoms with Crippen LogP contribution < -0.4 is 16.7 Å². The number of hydrogen-bond donors (Lipinski definition) is 1. The highest BCUT2D eigenvalue weighted by atomic mass is 16.6. The van der Waals surface area contributed by atoms with Gasteiger partial charge in [-0.1, -0.05) is 39.0 Å². The van der Waals surface area contributed by atoms with Crippen molar-refractivity contribution >= 4 is 12.0 Å². The average molecular weight is 346 g/mol. The summed E-state index contributed by atoms with van der Waals surface area (Å²) in [5.74, 6) is -0.497. The number of nitrogens with zero attached hydrogens (tertiary/aromatic N) is 3. The minimum absolute atomic E-state index is 0.0467. The molecular formula is C16H18N4O5. The molecule has 132 valence electrons. The Balaban J connectivity index is 1.80. The van der Waals surface area contributed by atoms with E-state index in [1.807, 2.05) is 0 Å². The Hall–Kier alpha value is -3.10. The third-order valence-corrected chi connectivity index (χ3v) is 3.82. The van der Waals surface area contributed by atoms with E-state index in [1.54, 1.807) is 51.1 Å². The van der Waals surface area contributed by atoms with Crippen LogP contribution in [-0.2, 0) is 16.1 Å². The molecule has 1 aromatic carbocycles. The van der Waals surface area contributed by atoms with Crippen LogP contribution in [-0.4, -0.2) is 25.9 Å². The molecule has 1 atom stereocenters. The van der Waals surface area contributed by atoms with E-state index in [2.05, 4.69) is 5.32 Å². The number of alkyl carbamates (subject to hydrolysis) is 1. The van der Waals surface area contributed by atoms with Crippen molar-refractivity contribution < 1.29 is 14.3 Å². The van der Waals surface area contributed by atoms with E-state index in [1.165, 1.54) is 4.68 Å². The molecule has 0 saturated carbocycles. The number of carbonyl (C=O) groups is 2. The number of carbonyl (C=O) groups excluding carboxylic acids is 2. The lowest BCUT2D eigenvalue weighted by molar-refractivity contribution is -0.128. The second-order valence-electron chi connectivity index (χ2n) is 6.73. The van der Waals surface area contributed by atoms with Crippen LogP contribution in [0.3, 0.4) is 0 Å². The summed E-state index contributed by atoms with van der Waals surface area (Å²) in [6, 6.07) is 8.45. The van der Waals surface area contributed by atoms with Crippen LogP contribution in [0.15, 0.2) is 39.9 Å². The lowest BCUT2D eigenvalue weighted by Crippen LogP contribution is -2.48. The van der Waals surface area contributed by atoms with E-state index in [0.717, 1.165) is 9.25 Å². The first-order valence-electron chi connectivity index (χ1n) is 7.72. The zero-order valence-corrected chi connectivity index (χ0v) is 14.1. The van der Waals surface area contributed by atoms with Crippen molar-refractivity contribution in [2.45, 2.75) is 33.5 Å². The number of rotatable bonds is 2. The number of hydrogen-bond acceptors (Lipinski definition) is 5. The molecule has 3 rings (SSSR count). The fraction of sp³-hybridized carbons (Fsp3) is 0.375. The van der Waals surface area contributed by atoms with E-state index in [9.17, 15) is 19.2 Å². The van der Waals surface area contributed by atoms with E-state index >= 15 is 0 Å². The number of fused-ring (bicyclic) bond motifs is 1. The number of nitrogens with one attached hydrogen (secondary N) is 1. The summed E-state index contributed by atoms with van der Waals surface area (Å²) < 4.78 is 8.32. The third-order valence-electron chi connectivity index (χ3n) is 3.82. The van der Waals surface area contributed by atoms with Gasteiger partial charge in [-0.15, -0.1) is 0 Å². The zero-order chi connectivity index (χ0) is 18.4. The monoisotopic (exact) mass is 346 g/mol. The van der Waals surface area contributed by atoms with Crippen LogP contribution >= 0.6 is 0 Å². The van der Waals surface area contributed by atoms with Gasteiger partial charge in [0.1, 0.15) is 6.54 Å². The molecule has 2 amide bonds. The highest BCUT2D eigenvalue weighted by molar-refractivity contribution is 5.94. The number of aromatic nitrogens is 3. The van der Waals surface area contributed by atoms with Gasteiger partial charge in [0.05, 0.1) is 5.69 Å². The Morgan fingerprint density at radius 1 is 1.12 bits per heavy atom. The predicted molar refractivity (Wildman–Crippen MR) is 87.4 cm³/mol. The Labute approximate surface area is 142 Å². The van der Waals surface area contributed by atoms with Crippen molar-refractivity contribution in [3.8, 4) is 5.69 Å². The van der Waals surface area contributed by atoms with E-state index in [4.69, 9.17) is 4.74 Å². The van der Waals surface area contributed by atoms with Crippen molar-refractivity contribution in [3.05, 3.63) is 51.3 Å². The lowest BCUT2D eigenvalue weighted by Gasteiger charge is -2.29.